The first-order valence-corrected chi connectivity index (χ1v) is 5.97. The maximum Gasteiger partial charge on any atom is 0.253 e. The number of nitrogens with zero attached hydrogens (tertiary/aromatic N) is 1. The van der Waals surface area contributed by atoms with E-state index in [0.29, 0.717) is 30.6 Å². The molecule has 0 saturated carbocycles. The molecule has 1 aromatic rings. The van der Waals surface area contributed by atoms with E-state index in [9.17, 15) is 9.59 Å². The third-order valence-electron chi connectivity index (χ3n) is 3.17. The molecule has 1 atom stereocenters. The molecule has 0 radical (unpaired) electrons. The molecule has 1 aliphatic rings. The van der Waals surface area contributed by atoms with Crippen LogP contribution in [-0.4, -0.2) is 36.3 Å². The lowest BCUT2D eigenvalue weighted by Gasteiger charge is -2.30. The zero-order valence-electron chi connectivity index (χ0n) is 10.3. The Hall–Kier alpha value is -2.04. The van der Waals surface area contributed by atoms with E-state index in [-0.39, 0.29) is 17.9 Å². The molecule has 0 spiro atoms. The number of piperidine rings is 1. The minimum absolute atomic E-state index is 0.000180. The van der Waals surface area contributed by atoms with Crippen LogP contribution in [0.2, 0.25) is 0 Å². The van der Waals surface area contributed by atoms with Gasteiger partial charge in [0.05, 0.1) is 5.56 Å². The molecule has 1 heterocycles. The Morgan fingerprint density at radius 2 is 2.17 bits per heavy atom. The largest absolute Gasteiger partial charge is 0.398 e. The van der Waals surface area contributed by atoms with Gasteiger partial charge in [0.2, 0.25) is 5.91 Å². The van der Waals surface area contributed by atoms with Crippen LogP contribution in [0.4, 0.5) is 5.69 Å². The summed E-state index contributed by atoms with van der Waals surface area (Å²) in [5.74, 6) is -0.0550. The van der Waals surface area contributed by atoms with Crippen LogP contribution in [0, 0.1) is 0 Å². The SMILES string of the molecule is CN1CC(NC(=O)c2ccccc2N)CCC1=O. The normalized spacial score (nSPS) is 19.7. The molecule has 5 nitrogen and oxygen atoms in total. The fourth-order valence-corrected chi connectivity index (χ4v) is 2.10. The van der Waals surface area contributed by atoms with Crippen molar-refractivity contribution in [3.63, 3.8) is 0 Å². The molecule has 2 rings (SSSR count). The van der Waals surface area contributed by atoms with Crippen molar-refractivity contribution in [3.8, 4) is 0 Å². The predicted molar refractivity (Wildman–Crippen MR) is 69.0 cm³/mol. The monoisotopic (exact) mass is 247 g/mol. The molecule has 3 N–H and O–H groups in total. The van der Waals surface area contributed by atoms with Gasteiger partial charge in [-0.1, -0.05) is 12.1 Å². The van der Waals surface area contributed by atoms with E-state index in [1.807, 2.05) is 0 Å². The number of likely N-dealkylation sites (N-methyl/N-ethyl adjacent to an activating group) is 1. The van der Waals surface area contributed by atoms with Crippen LogP contribution >= 0.6 is 0 Å². The van der Waals surface area contributed by atoms with Gasteiger partial charge in [0, 0.05) is 31.7 Å². The van der Waals surface area contributed by atoms with Crippen LogP contribution in [0.25, 0.3) is 0 Å². The first-order valence-electron chi connectivity index (χ1n) is 5.97. The lowest BCUT2D eigenvalue weighted by atomic mass is 10.0. The fraction of sp³-hybridized carbons (Fsp3) is 0.385. The molecule has 1 aliphatic heterocycles. The van der Waals surface area contributed by atoms with Crippen molar-refractivity contribution in [3.05, 3.63) is 29.8 Å². The molecule has 96 valence electrons. The maximum atomic E-state index is 12.0. The number of carbonyl (C=O) groups excluding carboxylic acids is 2. The van der Waals surface area contributed by atoms with Crippen molar-refractivity contribution in [2.75, 3.05) is 19.3 Å². The Balaban J connectivity index is 2.00. The second-order valence-corrected chi connectivity index (χ2v) is 4.57. The number of nitrogen functional groups attached to an aromatic ring is 1. The van der Waals surface area contributed by atoms with Crippen molar-refractivity contribution in [1.29, 1.82) is 0 Å². The summed E-state index contributed by atoms with van der Waals surface area (Å²) >= 11 is 0. The van der Waals surface area contributed by atoms with Crippen molar-refractivity contribution in [2.24, 2.45) is 0 Å². The number of nitrogens with one attached hydrogen (secondary N) is 1. The third kappa shape index (κ3) is 2.61. The highest BCUT2D eigenvalue weighted by atomic mass is 16.2. The number of para-hydroxylation sites is 1. The van der Waals surface area contributed by atoms with Crippen LogP contribution in [0.15, 0.2) is 24.3 Å². The molecule has 0 aliphatic carbocycles. The Morgan fingerprint density at radius 1 is 1.44 bits per heavy atom. The number of hydrogen-bond donors (Lipinski definition) is 2. The number of rotatable bonds is 2. The van der Waals surface area contributed by atoms with Gasteiger partial charge in [0.25, 0.3) is 5.91 Å². The minimum atomic E-state index is -0.180. The van der Waals surface area contributed by atoms with E-state index in [1.54, 1.807) is 36.2 Å². The number of anilines is 1. The number of hydrogen-bond acceptors (Lipinski definition) is 3. The van der Waals surface area contributed by atoms with Crippen LogP contribution in [0.5, 0.6) is 0 Å². The highest BCUT2D eigenvalue weighted by Crippen LogP contribution is 2.13. The summed E-state index contributed by atoms with van der Waals surface area (Å²) in [4.78, 5) is 25.0. The molecule has 1 saturated heterocycles. The minimum Gasteiger partial charge on any atom is -0.398 e. The lowest BCUT2D eigenvalue weighted by molar-refractivity contribution is -0.132. The zero-order valence-corrected chi connectivity index (χ0v) is 10.3. The smallest absolute Gasteiger partial charge is 0.253 e. The molecule has 1 aromatic carbocycles. The van der Waals surface area contributed by atoms with Crippen LogP contribution in [-0.2, 0) is 4.79 Å². The molecule has 1 unspecified atom stereocenters. The first-order chi connectivity index (χ1) is 8.58. The molecular weight excluding hydrogens is 230 g/mol. The van der Waals surface area contributed by atoms with E-state index < -0.39 is 0 Å². The zero-order chi connectivity index (χ0) is 13.1. The Bertz CT molecular complexity index is 473. The molecular formula is C13H17N3O2. The van der Waals surface area contributed by atoms with Gasteiger partial charge in [-0.3, -0.25) is 9.59 Å². The average molecular weight is 247 g/mol. The Morgan fingerprint density at radius 3 is 2.83 bits per heavy atom. The fourth-order valence-electron chi connectivity index (χ4n) is 2.10. The second-order valence-electron chi connectivity index (χ2n) is 4.57. The summed E-state index contributed by atoms with van der Waals surface area (Å²) in [5.41, 5.74) is 6.70. The molecule has 18 heavy (non-hydrogen) atoms. The van der Waals surface area contributed by atoms with Crippen molar-refractivity contribution >= 4 is 17.5 Å². The van der Waals surface area contributed by atoms with Gasteiger partial charge >= 0.3 is 0 Å². The van der Waals surface area contributed by atoms with Gasteiger partial charge < -0.3 is 16.0 Å². The summed E-state index contributed by atoms with van der Waals surface area (Å²) in [6.45, 7) is 0.553. The van der Waals surface area contributed by atoms with E-state index in [4.69, 9.17) is 5.73 Å². The summed E-state index contributed by atoms with van der Waals surface area (Å²) in [7, 11) is 1.75. The van der Waals surface area contributed by atoms with Gasteiger partial charge in [0.15, 0.2) is 0 Å². The van der Waals surface area contributed by atoms with Crippen molar-refractivity contribution in [2.45, 2.75) is 18.9 Å². The van der Waals surface area contributed by atoms with E-state index in [0.717, 1.165) is 0 Å². The highest BCUT2D eigenvalue weighted by Gasteiger charge is 2.24. The Kier molecular flexibility index (Phi) is 3.50. The third-order valence-corrected chi connectivity index (χ3v) is 3.17. The van der Waals surface area contributed by atoms with E-state index in [2.05, 4.69) is 5.32 Å². The molecule has 2 amide bonds. The number of nitrogens with two attached hydrogens (primary N) is 1. The number of amides is 2. The van der Waals surface area contributed by atoms with Gasteiger partial charge in [-0.2, -0.15) is 0 Å². The summed E-state index contributed by atoms with van der Waals surface area (Å²) < 4.78 is 0. The molecule has 5 heteroatoms. The standard InChI is InChI=1S/C13H17N3O2/c1-16-8-9(6-7-12(16)17)15-13(18)10-4-2-3-5-11(10)14/h2-5,9H,6-8,14H2,1H3,(H,15,18). The van der Waals surface area contributed by atoms with Crippen LogP contribution in [0.3, 0.4) is 0 Å². The maximum absolute atomic E-state index is 12.0. The summed E-state index contributed by atoms with van der Waals surface area (Å²) in [6, 6.07) is 6.97. The van der Waals surface area contributed by atoms with Gasteiger partial charge in [-0.15, -0.1) is 0 Å². The quantitative estimate of drug-likeness (QED) is 0.752. The van der Waals surface area contributed by atoms with Gasteiger partial charge in [-0.25, -0.2) is 0 Å². The first kappa shape index (κ1) is 12.4. The van der Waals surface area contributed by atoms with Gasteiger partial charge in [-0.05, 0) is 18.6 Å². The summed E-state index contributed by atoms with van der Waals surface area (Å²) in [6.07, 6.45) is 1.16. The van der Waals surface area contributed by atoms with Crippen LogP contribution in [0.1, 0.15) is 23.2 Å². The van der Waals surface area contributed by atoms with Crippen molar-refractivity contribution in [1.82, 2.24) is 10.2 Å². The predicted octanol–water partition coefficient (Wildman–Crippen LogP) is 0.619. The topological polar surface area (TPSA) is 75.4 Å². The van der Waals surface area contributed by atoms with E-state index >= 15 is 0 Å². The van der Waals surface area contributed by atoms with Gasteiger partial charge in [0.1, 0.15) is 0 Å². The molecule has 1 fully saturated rings. The molecule has 0 bridgehead atoms. The van der Waals surface area contributed by atoms with Crippen LogP contribution < -0.4 is 11.1 Å². The average Bonchev–Trinajstić information content (AvgIpc) is 2.34. The summed E-state index contributed by atoms with van der Waals surface area (Å²) in [5, 5.41) is 2.91. The lowest BCUT2D eigenvalue weighted by Crippen LogP contribution is -2.48. The highest BCUT2D eigenvalue weighted by molar-refractivity contribution is 5.99. The number of likely N-dealkylation sites (tertiary alicyclic amines) is 1. The molecule has 0 aromatic heterocycles. The number of benzene rings is 1. The number of carbonyl (C=O) groups is 2. The second kappa shape index (κ2) is 5.08. The Labute approximate surface area is 106 Å². The van der Waals surface area contributed by atoms with E-state index in [1.165, 1.54) is 0 Å². The van der Waals surface area contributed by atoms with Crippen molar-refractivity contribution < 1.29 is 9.59 Å².